The number of hydrogen-bond acceptors (Lipinski definition) is 0. The van der Waals surface area contributed by atoms with Crippen molar-refractivity contribution in [2.45, 2.75) is 38.0 Å². The van der Waals surface area contributed by atoms with E-state index in [4.69, 9.17) is 46.4 Å². The van der Waals surface area contributed by atoms with Crippen molar-refractivity contribution >= 4 is 66.6 Å². The molecule has 2 aliphatic rings. The van der Waals surface area contributed by atoms with E-state index in [-0.39, 0.29) is 0 Å². The van der Waals surface area contributed by atoms with E-state index in [0.717, 1.165) is 21.2 Å². The molecule has 2 atom stereocenters. The molecule has 0 aliphatic heterocycles. The van der Waals surface area contributed by atoms with Crippen molar-refractivity contribution in [2.24, 2.45) is 0 Å². The Morgan fingerprint density at radius 1 is 0.667 bits per heavy atom. The van der Waals surface area contributed by atoms with Crippen LogP contribution in [0.4, 0.5) is 0 Å². The maximum Gasteiger partial charge on any atom is 0.0722 e. The molecule has 5 heteroatoms. The van der Waals surface area contributed by atoms with Crippen LogP contribution in [0.15, 0.2) is 35.4 Å². The molecule has 0 saturated carbocycles. The molecule has 2 aliphatic carbocycles. The van der Waals surface area contributed by atoms with Crippen LogP contribution in [0.2, 0.25) is 33.2 Å². The first-order chi connectivity index (χ1) is 12.6. The molecule has 0 radical (unpaired) electrons. The minimum atomic E-state index is -1.93. The summed E-state index contributed by atoms with van der Waals surface area (Å²) in [6, 6.07) is 7.85. The summed E-state index contributed by atoms with van der Waals surface area (Å²) in [6.45, 7) is 9.32. The van der Waals surface area contributed by atoms with Crippen molar-refractivity contribution in [2.75, 3.05) is 0 Å². The molecule has 0 N–H and O–H groups in total. The van der Waals surface area contributed by atoms with Gasteiger partial charge in [-0.05, 0) is 60.4 Å². The quantitative estimate of drug-likeness (QED) is 0.398. The lowest BCUT2D eigenvalue weighted by Gasteiger charge is -2.39. The highest BCUT2D eigenvalue weighted by molar-refractivity contribution is 6.81. The first-order valence-corrected chi connectivity index (χ1v) is 13.6. The van der Waals surface area contributed by atoms with Gasteiger partial charge in [0.2, 0.25) is 0 Å². The Balaban J connectivity index is 1.88. The molecule has 0 amide bonds. The maximum atomic E-state index is 6.51. The van der Waals surface area contributed by atoms with Crippen molar-refractivity contribution in [3.05, 3.63) is 77.8 Å². The van der Waals surface area contributed by atoms with E-state index >= 15 is 0 Å². The average Bonchev–Trinajstić information content (AvgIpc) is 3.04. The molecular formula is C22H20Cl4Si. The van der Waals surface area contributed by atoms with Gasteiger partial charge in [0.05, 0.1) is 8.07 Å². The van der Waals surface area contributed by atoms with Crippen LogP contribution in [-0.4, -0.2) is 8.07 Å². The number of allylic oxidation sites excluding steroid dienone is 2. The second-order valence-electron chi connectivity index (χ2n) is 8.25. The third-order valence-corrected chi connectivity index (χ3v) is 11.6. The highest BCUT2D eigenvalue weighted by Crippen LogP contribution is 2.54. The van der Waals surface area contributed by atoms with Gasteiger partial charge >= 0.3 is 0 Å². The molecule has 0 saturated heterocycles. The lowest BCUT2D eigenvalue weighted by Crippen LogP contribution is -2.42. The second kappa shape index (κ2) is 6.68. The minimum Gasteiger partial charge on any atom is -0.0843 e. The van der Waals surface area contributed by atoms with E-state index in [1.807, 2.05) is 12.1 Å². The van der Waals surface area contributed by atoms with Crippen molar-refractivity contribution in [3.63, 3.8) is 0 Å². The largest absolute Gasteiger partial charge is 0.0843 e. The third kappa shape index (κ3) is 3.03. The smallest absolute Gasteiger partial charge is 0.0722 e. The predicted octanol–water partition coefficient (Wildman–Crippen LogP) is 8.79. The molecule has 27 heavy (non-hydrogen) atoms. The Hall–Kier alpha value is -0.703. The van der Waals surface area contributed by atoms with Gasteiger partial charge in [0.25, 0.3) is 0 Å². The van der Waals surface area contributed by atoms with E-state index in [1.165, 1.54) is 22.3 Å². The summed E-state index contributed by atoms with van der Waals surface area (Å²) in [7, 11) is -1.93. The first-order valence-electron chi connectivity index (χ1n) is 8.95. The van der Waals surface area contributed by atoms with Crippen LogP contribution in [-0.2, 0) is 0 Å². The zero-order valence-electron chi connectivity index (χ0n) is 15.6. The fourth-order valence-electron chi connectivity index (χ4n) is 5.25. The third-order valence-electron chi connectivity index (χ3n) is 6.02. The summed E-state index contributed by atoms with van der Waals surface area (Å²) in [5, 5.41) is 2.85. The Bertz CT molecular complexity index is 952. The fourth-order valence-corrected chi connectivity index (χ4v) is 11.3. The molecule has 140 valence electrons. The van der Waals surface area contributed by atoms with Crippen LogP contribution >= 0.6 is 46.4 Å². The van der Waals surface area contributed by atoms with Gasteiger partial charge in [-0.15, -0.1) is 0 Å². The predicted molar refractivity (Wildman–Crippen MR) is 123 cm³/mol. The zero-order valence-corrected chi connectivity index (χ0v) is 19.7. The van der Waals surface area contributed by atoms with Gasteiger partial charge in [-0.1, -0.05) is 82.8 Å². The van der Waals surface area contributed by atoms with Crippen molar-refractivity contribution in [1.82, 2.24) is 0 Å². The van der Waals surface area contributed by atoms with Crippen molar-refractivity contribution in [3.8, 4) is 0 Å². The lowest BCUT2D eigenvalue weighted by atomic mass is 10.1. The Kier molecular flexibility index (Phi) is 4.85. The van der Waals surface area contributed by atoms with Crippen LogP contribution in [0.1, 0.15) is 47.2 Å². The van der Waals surface area contributed by atoms with E-state index in [9.17, 15) is 0 Å². The second-order valence-corrected chi connectivity index (χ2v) is 14.7. The van der Waals surface area contributed by atoms with Crippen LogP contribution < -0.4 is 0 Å². The summed E-state index contributed by atoms with van der Waals surface area (Å²) < 4.78 is 0. The van der Waals surface area contributed by atoms with E-state index < -0.39 is 8.07 Å². The standard InChI is InChI=1S/C22H20Cl4Si/c1-11-5-15-17(7-13(23)9-19(15)25)21(11)27(3,4)22-12(2)6-16-18(22)8-14(24)10-20(16)26/h5-10,21-22H,1-4H3. The molecule has 2 aromatic rings. The van der Waals surface area contributed by atoms with E-state index in [1.54, 1.807) is 0 Å². The Morgan fingerprint density at radius 2 is 1.04 bits per heavy atom. The molecular weight excluding hydrogens is 434 g/mol. The van der Waals surface area contributed by atoms with Gasteiger partial charge < -0.3 is 0 Å². The molecule has 0 bridgehead atoms. The Morgan fingerprint density at radius 3 is 1.41 bits per heavy atom. The summed E-state index contributed by atoms with van der Waals surface area (Å²) in [5.41, 5.74) is 8.18. The van der Waals surface area contributed by atoms with Crippen LogP contribution in [0.5, 0.6) is 0 Å². The SMILES string of the molecule is CC1=Cc2c(Cl)cc(Cl)cc2C1[Si](C)(C)C1C(C)=Cc2c(Cl)cc(Cl)cc21. The molecule has 4 rings (SSSR count). The number of hydrogen-bond donors (Lipinski definition) is 0. The molecule has 0 heterocycles. The van der Waals surface area contributed by atoms with Gasteiger partial charge in [0.15, 0.2) is 0 Å². The number of rotatable bonds is 2. The van der Waals surface area contributed by atoms with Crippen molar-refractivity contribution in [1.29, 1.82) is 0 Å². The van der Waals surface area contributed by atoms with Crippen LogP contribution in [0, 0.1) is 0 Å². The van der Waals surface area contributed by atoms with Crippen LogP contribution in [0.25, 0.3) is 12.2 Å². The van der Waals surface area contributed by atoms with E-state index in [0.29, 0.717) is 21.1 Å². The lowest BCUT2D eigenvalue weighted by molar-refractivity contribution is 0.968. The molecule has 2 unspecified atom stereocenters. The van der Waals surface area contributed by atoms with Crippen molar-refractivity contribution < 1.29 is 0 Å². The fraction of sp³-hybridized carbons (Fsp3) is 0.273. The Labute approximate surface area is 181 Å². The highest BCUT2D eigenvalue weighted by atomic mass is 35.5. The monoisotopic (exact) mass is 452 g/mol. The summed E-state index contributed by atoms with van der Waals surface area (Å²) in [4.78, 5) is 0. The topological polar surface area (TPSA) is 0 Å². The number of benzene rings is 2. The maximum absolute atomic E-state index is 6.51. The van der Waals surface area contributed by atoms with Gasteiger partial charge in [0.1, 0.15) is 0 Å². The first kappa shape index (κ1) is 19.6. The molecule has 0 spiro atoms. The van der Waals surface area contributed by atoms with Crippen LogP contribution in [0.3, 0.4) is 0 Å². The molecule has 0 nitrogen and oxygen atoms in total. The normalized spacial score (nSPS) is 21.0. The van der Waals surface area contributed by atoms with Gasteiger partial charge in [-0.3, -0.25) is 0 Å². The van der Waals surface area contributed by atoms with E-state index in [2.05, 4.69) is 51.2 Å². The van der Waals surface area contributed by atoms with Gasteiger partial charge in [0, 0.05) is 31.2 Å². The summed E-state index contributed by atoms with van der Waals surface area (Å²) in [5.74, 6) is 0. The molecule has 0 fully saturated rings. The number of fused-ring (bicyclic) bond motifs is 2. The highest BCUT2D eigenvalue weighted by Gasteiger charge is 2.47. The zero-order chi connectivity index (χ0) is 19.7. The average molecular weight is 454 g/mol. The van der Waals surface area contributed by atoms with Gasteiger partial charge in [-0.25, -0.2) is 0 Å². The number of halogens is 4. The van der Waals surface area contributed by atoms with Gasteiger partial charge in [-0.2, -0.15) is 0 Å². The summed E-state index contributed by atoms with van der Waals surface area (Å²) in [6.07, 6.45) is 4.46. The minimum absolute atomic E-state index is 0.348. The molecule has 2 aromatic carbocycles. The molecule has 0 aromatic heterocycles. The summed E-state index contributed by atoms with van der Waals surface area (Å²) >= 11 is 25.7.